The lowest BCUT2D eigenvalue weighted by Crippen LogP contribution is -1.87. The molecule has 6 heteroatoms. The SMILES string of the molecule is O=COc1cc(/C=C/C(=O)O)[nH]n1. The van der Waals surface area contributed by atoms with Gasteiger partial charge < -0.3 is 9.84 Å². The van der Waals surface area contributed by atoms with Crippen LogP contribution in [0.15, 0.2) is 12.1 Å². The van der Waals surface area contributed by atoms with E-state index >= 15 is 0 Å². The van der Waals surface area contributed by atoms with Gasteiger partial charge in [-0.3, -0.25) is 9.89 Å². The van der Waals surface area contributed by atoms with Crippen LogP contribution < -0.4 is 4.74 Å². The molecule has 1 aromatic heterocycles. The maximum Gasteiger partial charge on any atom is 0.328 e. The Morgan fingerprint density at radius 1 is 1.69 bits per heavy atom. The third kappa shape index (κ3) is 2.78. The summed E-state index contributed by atoms with van der Waals surface area (Å²) in [6.07, 6.45) is 2.24. The van der Waals surface area contributed by atoms with Crippen LogP contribution in [0.2, 0.25) is 0 Å². The van der Waals surface area contributed by atoms with Crippen molar-refractivity contribution in [2.24, 2.45) is 0 Å². The second kappa shape index (κ2) is 4.05. The highest BCUT2D eigenvalue weighted by molar-refractivity contribution is 5.84. The molecule has 1 rings (SSSR count). The molecule has 0 atom stereocenters. The summed E-state index contributed by atoms with van der Waals surface area (Å²) in [5.41, 5.74) is 0.444. The fourth-order valence-corrected chi connectivity index (χ4v) is 0.673. The van der Waals surface area contributed by atoms with Crippen LogP contribution in [0, 0.1) is 0 Å². The minimum atomic E-state index is -1.06. The Balaban J connectivity index is 2.68. The Hall–Kier alpha value is -2.11. The first kappa shape index (κ1) is 8.98. The van der Waals surface area contributed by atoms with Crippen molar-refractivity contribution in [3.05, 3.63) is 17.8 Å². The molecule has 0 aliphatic rings. The van der Waals surface area contributed by atoms with Gasteiger partial charge in [-0.05, 0) is 6.08 Å². The Labute approximate surface area is 72.8 Å². The Morgan fingerprint density at radius 3 is 3.08 bits per heavy atom. The number of nitrogens with one attached hydrogen (secondary N) is 1. The van der Waals surface area contributed by atoms with Crippen molar-refractivity contribution >= 4 is 18.5 Å². The van der Waals surface area contributed by atoms with Gasteiger partial charge in [-0.2, -0.15) is 0 Å². The Morgan fingerprint density at radius 2 is 2.46 bits per heavy atom. The number of nitrogens with zero attached hydrogens (tertiary/aromatic N) is 1. The summed E-state index contributed by atoms with van der Waals surface area (Å²) in [7, 11) is 0. The van der Waals surface area contributed by atoms with Gasteiger partial charge in [-0.15, -0.1) is 5.10 Å². The van der Waals surface area contributed by atoms with E-state index in [1.165, 1.54) is 12.1 Å². The van der Waals surface area contributed by atoms with Crippen LogP contribution in [0.5, 0.6) is 5.88 Å². The number of aromatic nitrogens is 2. The quantitative estimate of drug-likeness (QED) is 0.506. The summed E-state index contributed by atoms with van der Waals surface area (Å²) in [4.78, 5) is 20.0. The van der Waals surface area contributed by atoms with E-state index in [0.717, 1.165) is 6.08 Å². The molecule has 13 heavy (non-hydrogen) atoms. The largest absolute Gasteiger partial charge is 0.478 e. The van der Waals surface area contributed by atoms with Crippen molar-refractivity contribution in [2.75, 3.05) is 0 Å². The van der Waals surface area contributed by atoms with Gasteiger partial charge in [-0.1, -0.05) is 0 Å². The fraction of sp³-hybridized carbons (Fsp3) is 0. The molecule has 0 aromatic carbocycles. The van der Waals surface area contributed by atoms with E-state index < -0.39 is 5.97 Å². The Kier molecular flexibility index (Phi) is 2.80. The lowest BCUT2D eigenvalue weighted by Gasteiger charge is -1.83. The Bertz CT molecular complexity index is 342. The second-order valence-electron chi connectivity index (χ2n) is 2.05. The van der Waals surface area contributed by atoms with E-state index in [4.69, 9.17) is 5.11 Å². The van der Waals surface area contributed by atoms with E-state index in [1.807, 2.05) is 0 Å². The molecular weight excluding hydrogens is 176 g/mol. The first-order valence-corrected chi connectivity index (χ1v) is 3.29. The highest BCUT2D eigenvalue weighted by Gasteiger charge is 1.98. The van der Waals surface area contributed by atoms with Crippen LogP contribution in [-0.4, -0.2) is 27.7 Å². The molecule has 0 aliphatic heterocycles. The predicted molar refractivity (Wildman–Crippen MR) is 41.9 cm³/mol. The molecule has 0 saturated carbocycles. The van der Waals surface area contributed by atoms with Gasteiger partial charge in [-0.25, -0.2) is 4.79 Å². The lowest BCUT2D eigenvalue weighted by atomic mass is 10.4. The molecule has 1 heterocycles. The third-order valence-corrected chi connectivity index (χ3v) is 1.15. The molecule has 0 aliphatic carbocycles. The molecule has 0 radical (unpaired) electrons. The van der Waals surface area contributed by atoms with E-state index in [1.54, 1.807) is 0 Å². The van der Waals surface area contributed by atoms with E-state index in [9.17, 15) is 9.59 Å². The molecule has 0 amide bonds. The van der Waals surface area contributed by atoms with Gasteiger partial charge >= 0.3 is 5.97 Å². The smallest absolute Gasteiger partial charge is 0.328 e. The molecule has 6 nitrogen and oxygen atoms in total. The first-order valence-electron chi connectivity index (χ1n) is 3.29. The fourth-order valence-electron chi connectivity index (χ4n) is 0.673. The maximum absolute atomic E-state index is 10.1. The van der Waals surface area contributed by atoms with Crippen LogP contribution in [0.1, 0.15) is 5.69 Å². The van der Waals surface area contributed by atoms with Crippen molar-refractivity contribution in [1.29, 1.82) is 0 Å². The number of aromatic amines is 1. The summed E-state index contributed by atoms with van der Waals surface area (Å²) >= 11 is 0. The monoisotopic (exact) mass is 182 g/mol. The third-order valence-electron chi connectivity index (χ3n) is 1.15. The topological polar surface area (TPSA) is 92.3 Å². The summed E-state index contributed by atoms with van der Waals surface area (Å²) in [6, 6.07) is 1.40. The van der Waals surface area contributed by atoms with Gasteiger partial charge in [0.25, 0.3) is 6.47 Å². The minimum absolute atomic E-state index is 0.0973. The standard InChI is InChI=1S/C7H6N2O4/c10-4-13-6-3-5(8-9-6)1-2-7(11)12/h1-4H,(H,8,9)(H,11,12)/b2-1+. The summed E-state index contributed by atoms with van der Waals surface area (Å²) in [5.74, 6) is -0.965. The number of carbonyl (C=O) groups is 2. The molecule has 2 N–H and O–H groups in total. The van der Waals surface area contributed by atoms with Crippen molar-refractivity contribution in [2.45, 2.75) is 0 Å². The summed E-state index contributed by atoms with van der Waals surface area (Å²) in [6.45, 7) is 0.237. The lowest BCUT2D eigenvalue weighted by molar-refractivity contribution is -0.131. The van der Waals surface area contributed by atoms with Crippen molar-refractivity contribution < 1.29 is 19.4 Å². The van der Waals surface area contributed by atoms with Gasteiger partial charge in [0.2, 0.25) is 5.88 Å². The van der Waals surface area contributed by atoms with Gasteiger partial charge in [0.05, 0.1) is 5.69 Å². The number of carbonyl (C=O) groups excluding carboxylic acids is 1. The van der Waals surface area contributed by atoms with Crippen LogP contribution in [0.4, 0.5) is 0 Å². The zero-order chi connectivity index (χ0) is 9.68. The highest BCUT2D eigenvalue weighted by atomic mass is 16.5. The van der Waals surface area contributed by atoms with Crippen LogP contribution in [0.3, 0.4) is 0 Å². The van der Waals surface area contributed by atoms with Gasteiger partial charge in [0.15, 0.2) is 0 Å². The molecular formula is C7H6N2O4. The molecule has 0 unspecified atom stereocenters. The van der Waals surface area contributed by atoms with Crippen LogP contribution in [0.25, 0.3) is 6.08 Å². The molecule has 0 bridgehead atoms. The number of hydrogen-bond donors (Lipinski definition) is 2. The van der Waals surface area contributed by atoms with E-state index in [-0.39, 0.29) is 12.4 Å². The zero-order valence-electron chi connectivity index (χ0n) is 6.43. The molecule has 0 spiro atoms. The van der Waals surface area contributed by atoms with Crippen molar-refractivity contribution in [3.63, 3.8) is 0 Å². The molecule has 1 aromatic rings. The average molecular weight is 182 g/mol. The first-order chi connectivity index (χ1) is 6.22. The van der Waals surface area contributed by atoms with Gasteiger partial charge in [0, 0.05) is 12.1 Å². The minimum Gasteiger partial charge on any atom is -0.478 e. The number of carboxylic acids is 1. The molecule has 0 fully saturated rings. The number of H-pyrrole nitrogens is 1. The second-order valence-corrected chi connectivity index (χ2v) is 2.05. The highest BCUT2D eigenvalue weighted by Crippen LogP contribution is 2.07. The number of ether oxygens (including phenoxy) is 1. The maximum atomic E-state index is 10.1. The van der Waals surface area contributed by atoms with Crippen molar-refractivity contribution in [3.8, 4) is 5.88 Å². The van der Waals surface area contributed by atoms with Crippen LogP contribution >= 0.6 is 0 Å². The molecule has 68 valence electrons. The van der Waals surface area contributed by atoms with E-state index in [0.29, 0.717) is 5.69 Å². The number of rotatable bonds is 4. The summed E-state index contributed by atoms with van der Waals surface area (Å²) in [5, 5.41) is 14.3. The number of aliphatic carboxylic acids is 1. The summed E-state index contributed by atoms with van der Waals surface area (Å²) < 4.78 is 4.39. The normalized spacial score (nSPS) is 10.2. The molecule has 0 saturated heterocycles. The van der Waals surface area contributed by atoms with Gasteiger partial charge in [0.1, 0.15) is 0 Å². The van der Waals surface area contributed by atoms with Crippen LogP contribution in [-0.2, 0) is 9.59 Å². The zero-order valence-corrected chi connectivity index (χ0v) is 6.43. The average Bonchev–Trinajstić information content (AvgIpc) is 2.50. The van der Waals surface area contributed by atoms with Crippen molar-refractivity contribution in [1.82, 2.24) is 10.2 Å². The predicted octanol–water partition coefficient (Wildman–Crippen LogP) is 0.0427. The number of carboxylic acid groups (broad SMARTS) is 1. The van der Waals surface area contributed by atoms with E-state index in [2.05, 4.69) is 14.9 Å². The number of hydrogen-bond acceptors (Lipinski definition) is 4.